The molecule has 4 rings (SSSR count). The topological polar surface area (TPSA) is 51.4 Å². The Kier molecular flexibility index (Phi) is 4.83. The molecular weight excluding hydrogens is 338 g/mol. The second kappa shape index (κ2) is 7.74. The van der Waals surface area contributed by atoms with Crippen molar-refractivity contribution in [3.8, 4) is 23.0 Å². The van der Waals surface area contributed by atoms with Gasteiger partial charge in [0.25, 0.3) is 0 Å². The fourth-order valence-electron chi connectivity index (χ4n) is 2.70. The molecule has 5 nitrogen and oxygen atoms in total. The highest BCUT2D eigenvalue weighted by atomic mass is 16.5. The van der Waals surface area contributed by atoms with Crippen LogP contribution in [0.1, 0.15) is 5.89 Å². The first kappa shape index (κ1) is 16.8. The Morgan fingerprint density at radius 3 is 2.11 bits per heavy atom. The Morgan fingerprint density at radius 1 is 0.778 bits per heavy atom. The molecule has 1 heterocycles. The molecule has 0 saturated heterocycles. The van der Waals surface area contributed by atoms with Crippen LogP contribution >= 0.6 is 0 Å². The van der Waals surface area contributed by atoms with Gasteiger partial charge in [-0.15, -0.1) is 10.2 Å². The molecule has 3 aromatic carbocycles. The summed E-state index contributed by atoms with van der Waals surface area (Å²) >= 11 is 0. The fourth-order valence-corrected chi connectivity index (χ4v) is 2.70. The van der Waals surface area contributed by atoms with E-state index in [0.29, 0.717) is 18.3 Å². The average molecular weight is 357 g/mol. The maximum absolute atomic E-state index is 5.82. The first-order valence-corrected chi connectivity index (χ1v) is 8.70. The minimum Gasteiger partial charge on any atom is -0.457 e. The maximum atomic E-state index is 5.82. The first-order chi connectivity index (χ1) is 13.3. The number of benzene rings is 3. The second-order valence-electron chi connectivity index (χ2n) is 6.13. The van der Waals surface area contributed by atoms with Gasteiger partial charge in [-0.25, -0.2) is 0 Å². The number of ether oxygens (including phenoxy) is 1. The van der Waals surface area contributed by atoms with Gasteiger partial charge in [-0.2, -0.15) is 0 Å². The zero-order valence-electron chi connectivity index (χ0n) is 14.9. The van der Waals surface area contributed by atoms with Gasteiger partial charge in [0.15, 0.2) is 0 Å². The van der Waals surface area contributed by atoms with Gasteiger partial charge in [-0.3, -0.25) is 0 Å². The second-order valence-corrected chi connectivity index (χ2v) is 6.13. The molecule has 1 aromatic heterocycles. The van der Waals surface area contributed by atoms with E-state index in [4.69, 9.17) is 9.15 Å². The number of aromatic nitrogens is 2. The minimum absolute atomic E-state index is 0.527. The van der Waals surface area contributed by atoms with Crippen molar-refractivity contribution in [1.82, 2.24) is 10.2 Å². The average Bonchev–Trinajstić information content (AvgIpc) is 3.18. The SMILES string of the molecule is CN(Cc1nnc(-c2ccccc2)o1)c1ccc(Oc2ccccc2)cc1. The van der Waals surface area contributed by atoms with Crippen molar-refractivity contribution in [3.05, 3.63) is 90.8 Å². The van der Waals surface area contributed by atoms with Crippen molar-refractivity contribution in [2.75, 3.05) is 11.9 Å². The minimum atomic E-state index is 0.527. The van der Waals surface area contributed by atoms with Crippen LogP contribution in [0, 0.1) is 0 Å². The summed E-state index contributed by atoms with van der Waals surface area (Å²) in [4.78, 5) is 2.05. The lowest BCUT2D eigenvalue weighted by molar-refractivity contribution is 0.482. The van der Waals surface area contributed by atoms with Crippen LogP contribution in [-0.2, 0) is 6.54 Å². The molecule has 0 aliphatic rings. The third-order valence-electron chi connectivity index (χ3n) is 4.12. The number of rotatable bonds is 6. The molecule has 0 aliphatic heterocycles. The van der Waals surface area contributed by atoms with Crippen LogP contribution in [0.5, 0.6) is 11.5 Å². The van der Waals surface area contributed by atoms with Crippen molar-refractivity contribution >= 4 is 5.69 Å². The number of anilines is 1. The first-order valence-electron chi connectivity index (χ1n) is 8.70. The van der Waals surface area contributed by atoms with E-state index >= 15 is 0 Å². The molecule has 0 N–H and O–H groups in total. The van der Waals surface area contributed by atoms with Crippen molar-refractivity contribution in [2.45, 2.75) is 6.54 Å². The van der Waals surface area contributed by atoms with Gasteiger partial charge in [0.05, 0.1) is 6.54 Å². The fraction of sp³-hybridized carbons (Fsp3) is 0.0909. The molecule has 5 heteroatoms. The van der Waals surface area contributed by atoms with Crippen LogP contribution in [0.2, 0.25) is 0 Å². The van der Waals surface area contributed by atoms with Crippen LogP contribution < -0.4 is 9.64 Å². The molecule has 27 heavy (non-hydrogen) atoms. The standard InChI is InChI=1S/C22H19N3O2/c1-25(16-21-23-24-22(27-21)17-8-4-2-5-9-17)18-12-14-20(15-13-18)26-19-10-6-3-7-11-19/h2-15H,16H2,1H3. The zero-order valence-corrected chi connectivity index (χ0v) is 14.9. The Bertz CT molecular complexity index is 983. The summed E-state index contributed by atoms with van der Waals surface area (Å²) in [6, 6.07) is 27.4. The van der Waals surface area contributed by atoms with Crippen molar-refractivity contribution in [1.29, 1.82) is 0 Å². The Morgan fingerprint density at radius 2 is 1.41 bits per heavy atom. The summed E-state index contributed by atoms with van der Waals surface area (Å²) in [6.45, 7) is 0.527. The van der Waals surface area contributed by atoms with E-state index in [-0.39, 0.29) is 0 Å². The van der Waals surface area contributed by atoms with Gasteiger partial charge in [0.2, 0.25) is 11.8 Å². The van der Waals surface area contributed by atoms with Crippen molar-refractivity contribution in [3.63, 3.8) is 0 Å². The molecule has 4 aromatic rings. The molecule has 0 atom stereocenters. The third-order valence-corrected chi connectivity index (χ3v) is 4.12. The predicted octanol–water partition coefficient (Wildman–Crippen LogP) is 5.17. The molecule has 0 aliphatic carbocycles. The van der Waals surface area contributed by atoms with E-state index in [1.807, 2.05) is 92.0 Å². The summed E-state index contributed by atoms with van der Waals surface area (Å²) in [5.41, 5.74) is 1.95. The molecule has 0 fully saturated rings. The van der Waals surface area contributed by atoms with Gasteiger partial charge in [0, 0.05) is 18.3 Å². The highest BCUT2D eigenvalue weighted by Gasteiger charge is 2.11. The lowest BCUT2D eigenvalue weighted by Gasteiger charge is -2.17. The van der Waals surface area contributed by atoms with Gasteiger partial charge in [0.1, 0.15) is 11.5 Å². The van der Waals surface area contributed by atoms with Crippen LogP contribution in [0.15, 0.2) is 89.3 Å². The van der Waals surface area contributed by atoms with E-state index in [2.05, 4.69) is 15.1 Å². The zero-order chi connectivity index (χ0) is 18.5. The molecule has 0 spiro atoms. The summed E-state index contributed by atoms with van der Waals surface area (Å²) in [7, 11) is 1.99. The molecule has 0 unspecified atom stereocenters. The normalized spacial score (nSPS) is 10.6. The van der Waals surface area contributed by atoms with E-state index in [1.54, 1.807) is 0 Å². The predicted molar refractivity (Wildman–Crippen MR) is 105 cm³/mol. The molecule has 0 radical (unpaired) electrons. The van der Waals surface area contributed by atoms with Gasteiger partial charge in [-0.05, 0) is 48.5 Å². The molecule has 0 amide bonds. The molecular formula is C22H19N3O2. The van der Waals surface area contributed by atoms with Crippen molar-refractivity contribution in [2.24, 2.45) is 0 Å². The lowest BCUT2D eigenvalue weighted by Crippen LogP contribution is -2.16. The Labute approximate surface area is 157 Å². The van der Waals surface area contributed by atoms with Gasteiger partial charge >= 0.3 is 0 Å². The highest BCUT2D eigenvalue weighted by molar-refractivity contribution is 5.52. The van der Waals surface area contributed by atoms with E-state index in [1.165, 1.54) is 0 Å². The van der Waals surface area contributed by atoms with E-state index in [0.717, 1.165) is 22.7 Å². The maximum Gasteiger partial charge on any atom is 0.247 e. The van der Waals surface area contributed by atoms with Gasteiger partial charge < -0.3 is 14.1 Å². The van der Waals surface area contributed by atoms with E-state index in [9.17, 15) is 0 Å². The lowest BCUT2D eigenvalue weighted by atomic mass is 10.2. The summed E-state index contributed by atoms with van der Waals surface area (Å²) in [5.74, 6) is 2.71. The summed E-state index contributed by atoms with van der Waals surface area (Å²) in [5, 5.41) is 8.28. The quantitative estimate of drug-likeness (QED) is 0.477. The smallest absolute Gasteiger partial charge is 0.247 e. The van der Waals surface area contributed by atoms with Crippen LogP contribution in [0.4, 0.5) is 5.69 Å². The van der Waals surface area contributed by atoms with Crippen LogP contribution in [0.3, 0.4) is 0 Å². The molecule has 0 saturated carbocycles. The highest BCUT2D eigenvalue weighted by Crippen LogP contribution is 2.25. The molecule has 134 valence electrons. The summed E-state index contributed by atoms with van der Waals surface area (Å²) in [6.07, 6.45) is 0. The van der Waals surface area contributed by atoms with Crippen LogP contribution in [-0.4, -0.2) is 17.2 Å². The van der Waals surface area contributed by atoms with Crippen LogP contribution in [0.25, 0.3) is 11.5 Å². The van der Waals surface area contributed by atoms with E-state index < -0.39 is 0 Å². The largest absolute Gasteiger partial charge is 0.457 e. The number of nitrogens with zero attached hydrogens (tertiary/aromatic N) is 3. The number of hydrogen-bond acceptors (Lipinski definition) is 5. The Hall–Kier alpha value is -3.60. The van der Waals surface area contributed by atoms with Gasteiger partial charge in [-0.1, -0.05) is 36.4 Å². The summed E-state index contributed by atoms with van der Waals surface area (Å²) < 4.78 is 11.6. The number of para-hydroxylation sites is 1. The molecule has 0 bridgehead atoms. The van der Waals surface area contributed by atoms with Crippen molar-refractivity contribution < 1.29 is 9.15 Å². The number of hydrogen-bond donors (Lipinski definition) is 0. The third kappa shape index (κ3) is 4.15. The Balaban J connectivity index is 1.41. The monoisotopic (exact) mass is 357 g/mol.